The van der Waals surface area contributed by atoms with Gasteiger partial charge in [0.05, 0.1) is 13.5 Å². The van der Waals surface area contributed by atoms with Gasteiger partial charge in [0.1, 0.15) is 11.6 Å². The monoisotopic (exact) mass is 366 g/mol. The summed E-state index contributed by atoms with van der Waals surface area (Å²) >= 11 is 0. The molecule has 0 spiro atoms. The summed E-state index contributed by atoms with van der Waals surface area (Å²) in [5, 5.41) is 0. The number of amides is 1. The lowest BCUT2D eigenvalue weighted by atomic mass is 10.1. The SMILES string of the molecule is COc1ccc(CC(=O)N2CC[C@@H](c3ncc4c(n3)CCN(C)C4)C2)cc1. The van der Waals surface area contributed by atoms with Gasteiger partial charge in [0, 0.05) is 56.0 Å². The number of rotatable bonds is 4. The fourth-order valence-corrected chi connectivity index (χ4v) is 3.90. The van der Waals surface area contributed by atoms with Crippen molar-refractivity contribution >= 4 is 5.91 Å². The second-order valence-electron chi connectivity index (χ2n) is 7.54. The first kappa shape index (κ1) is 17.9. The van der Waals surface area contributed by atoms with E-state index in [4.69, 9.17) is 9.72 Å². The molecule has 0 radical (unpaired) electrons. The van der Waals surface area contributed by atoms with Crippen LogP contribution in [0.1, 0.15) is 35.0 Å². The molecule has 2 aromatic rings. The first-order valence-corrected chi connectivity index (χ1v) is 9.56. The number of carbonyl (C=O) groups excluding carboxylic acids is 1. The van der Waals surface area contributed by atoms with Crippen molar-refractivity contribution in [1.29, 1.82) is 0 Å². The molecule has 1 atom stereocenters. The maximum Gasteiger partial charge on any atom is 0.227 e. The predicted molar refractivity (Wildman–Crippen MR) is 103 cm³/mol. The van der Waals surface area contributed by atoms with Crippen LogP contribution in [0.3, 0.4) is 0 Å². The Hall–Kier alpha value is -2.47. The van der Waals surface area contributed by atoms with Crippen molar-refractivity contribution in [1.82, 2.24) is 19.8 Å². The molecule has 0 saturated carbocycles. The van der Waals surface area contributed by atoms with Crippen LogP contribution in [0.15, 0.2) is 30.5 Å². The summed E-state index contributed by atoms with van der Waals surface area (Å²) in [4.78, 5) is 26.4. The van der Waals surface area contributed by atoms with E-state index in [2.05, 4.69) is 16.9 Å². The van der Waals surface area contributed by atoms with Gasteiger partial charge in [-0.3, -0.25) is 4.79 Å². The average molecular weight is 366 g/mol. The summed E-state index contributed by atoms with van der Waals surface area (Å²) in [6.07, 6.45) is 4.32. The normalized spacial score (nSPS) is 19.8. The van der Waals surface area contributed by atoms with Gasteiger partial charge in [0.15, 0.2) is 0 Å². The van der Waals surface area contributed by atoms with E-state index in [9.17, 15) is 4.79 Å². The molecule has 1 amide bonds. The number of hydrogen-bond acceptors (Lipinski definition) is 5. The second-order valence-corrected chi connectivity index (χ2v) is 7.54. The smallest absolute Gasteiger partial charge is 0.227 e. The van der Waals surface area contributed by atoms with Crippen LogP contribution in [0.2, 0.25) is 0 Å². The molecule has 142 valence electrons. The molecular weight excluding hydrogens is 340 g/mol. The van der Waals surface area contributed by atoms with Gasteiger partial charge >= 0.3 is 0 Å². The number of hydrogen-bond donors (Lipinski definition) is 0. The van der Waals surface area contributed by atoms with E-state index >= 15 is 0 Å². The Bertz CT molecular complexity index is 821. The first-order valence-electron chi connectivity index (χ1n) is 9.56. The number of likely N-dealkylation sites (tertiary alicyclic amines) is 1. The summed E-state index contributed by atoms with van der Waals surface area (Å²) < 4.78 is 5.17. The number of ether oxygens (including phenoxy) is 1. The molecular formula is C21H26N4O2. The molecule has 0 unspecified atom stereocenters. The molecule has 1 aromatic carbocycles. The van der Waals surface area contributed by atoms with Crippen molar-refractivity contribution in [3.8, 4) is 5.75 Å². The van der Waals surface area contributed by atoms with Crippen LogP contribution in [0.5, 0.6) is 5.75 Å². The molecule has 1 fully saturated rings. The number of fused-ring (bicyclic) bond motifs is 1. The van der Waals surface area contributed by atoms with Gasteiger partial charge in [-0.1, -0.05) is 12.1 Å². The van der Waals surface area contributed by atoms with Gasteiger partial charge in [0.2, 0.25) is 5.91 Å². The Balaban J connectivity index is 1.38. The van der Waals surface area contributed by atoms with Crippen LogP contribution in [0, 0.1) is 0 Å². The van der Waals surface area contributed by atoms with Crippen LogP contribution < -0.4 is 4.74 Å². The number of methoxy groups -OCH3 is 1. The summed E-state index contributed by atoms with van der Waals surface area (Å²) in [5.74, 6) is 2.12. The highest BCUT2D eigenvalue weighted by Gasteiger charge is 2.30. The molecule has 6 heteroatoms. The minimum Gasteiger partial charge on any atom is -0.497 e. The maximum atomic E-state index is 12.7. The minimum atomic E-state index is 0.169. The summed E-state index contributed by atoms with van der Waals surface area (Å²) in [6, 6.07) is 7.70. The summed E-state index contributed by atoms with van der Waals surface area (Å²) in [6.45, 7) is 3.46. The van der Waals surface area contributed by atoms with Crippen molar-refractivity contribution in [2.24, 2.45) is 0 Å². The third kappa shape index (κ3) is 3.95. The lowest BCUT2D eigenvalue weighted by Gasteiger charge is -2.24. The van der Waals surface area contributed by atoms with E-state index in [0.29, 0.717) is 13.0 Å². The Kier molecular flexibility index (Phi) is 5.07. The highest BCUT2D eigenvalue weighted by atomic mass is 16.5. The molecule has 2 aliphatic heterocycles. The van der Waals surface area contributed by atoms with Crippen LogP contribution in [0.4, 0.5) is 0 Å². The van der Waals surface area contributed by atoms with Crippen molar-refractivity contribution in [3.63, 3.8) is 0 Å². The third-order valence-corrected chi connectivity index (χ3v) is 5.56. The molecule has 0 bridgehead atoms. The van der Waals surface area contributed by atoms with E-state index in [1.807, 2.05) is 35.4 Å². The topological polar surface area (TPSA) is 58.6 Å². The molecule has 0 aliphatic carbocycles. The predicted octanol–water partition coefficient (Wildman–Crippen LogP) is 2.03. The molecule has 3 heterocycles. The Labute approximate surface area is 160 Å². The lowest BCUT2D eigenvalue weighted by Crippen LogP contribution is -2.30. The van der Waals surface area contributed by atoms with Gasteiger partial charge in [0.25, 0.3) is 0 Å². The Morgan fingerprint density at radius 1 is 1.26 bits per heavy atom. The van der Waals surface area contributed by atoms with Crippen molar-refractivity contribution in [2.75, 3.05) is 33.8 Å². The fourth-order valence-electron chi connectivity index (χ4n) is 3.90. The number of carbonyl (C=O) groups is 1. The average Bonchev–Trinajstić information content (AvgIpc) is 3.18. The van der Waals surface area contributed by atoms with E-state index in [1.54, 1.807) is 7.11 Å². The molecule has 2 aliphatic rings. The number of likely N-dealkylation sites (N-methyl/N-ethyl adjacent to an activating group) is 1. The lowest BCUT2D eigenvalue weighted by molar-refractivity contribution is -0.129. The number of nitrogens with zero attached hydrogens (tertiary/aromatic N) is 4. The second kappa shape index (κ2) is 7.64. The molecule has 27 heavy (non-hydrogen) atoms. The zero-order valence-electron chi connectivity index (χ0n) is 16.0. The Morgan fingerprint density at radius 2 is 2.07 bits per heavy atom. The van der Waals surface area contributed by atoms with Gasteiger partial charge in [-0.25, -0.2) is 9.97 Å². The number of aromatic nitrogens is 2. The number of benzene rings is 1. The molecule has 1 aromatic heterocycles. The van der Waals surface area contributed by atoms with Gasteiger partial charge in [-0.2, -0.15) is 0 Å². The van der Waals surface area contributed by atoms with E-state index in [1.165, 1.54) is 11.3 Å². The van der Waals surface area contributed by atoms with Crippen molar-refractivity contribution in [2.45, 2.75) is 31.7 Å². The van der Waals surface area contributed by atoms with Gasteiger partial charge in [-0.05, 0) is 31.2 Å². The highest BCUT2D eigenvalue weighted by Crippen LogP contribution is 2.27. The molecule has 4 rings (SSSR count). The van der Waals surface area contributed by atoms with Crippen LogP contribution in [-0.2, 0) is 24.2 Å². The molecule has 6 nitrogen and oxygen atoms in total. The van der Waals surface area contributed by atoms with Crippen molar-refractivity contribution < 1.29 is 9.53 Å². The van der Waals surface area contributed by atoms with Gasteiger partial charge < -0.3 is 14.5 Å². The van der Waals surface area contributed by atoms with E-state index in [-0.39, 0.29) is 11.8 Å². The largest absolute Gasteiger partial charge is 0.497 e. The third-order valence-electron chi connectivity index (χ3n) is 5.56. The quantitative estimate of drug-likeness (QED) is 0.829. The first-order chi connectivity index (χ1) is 13.1. The highest BCUT2D eigenvalue weighted by molar-refractivity contribution is 5.79. The minimum absolute atomic E-state index is 0.169. The van der Waals surface area contributed by atoms with Gasteiger partial charge in [-0.15, -0.1) is 0 Å². The fraction of sp³-hybridized carbons (Fsp3) is 0.476. The molecule has 0 N–H and O–H groups in total. The van der Waals surface area contributed by atoms with E-state index in [0.717, 1.165) is 49.6 Å². The summed E-state index contributed by atoms with van der Waals surface area (Å²) in [5.41, 5.74) is 3.43. The summed E-state index contributed by atoms with van der Waals surface area (Å²) in [7, 11) is 3.77. The standard InChI is InChI=1S/C21H26N4O2/c1-24-9-8-19-17(13-24)12-22-21(23-19)16-7-10-25(14-16)20(26)11-15-3-5-18(27-2)6-4-15/h3-6,12,16H,7-11,13-14H2,1-2H3/t16-/m1/s1. The zero-order valence-corrected chi connectivity index (χ0v) is 16.0. The van der Waals surface area contributed by atoms with E-state index < -0.39 is 0 Å². The van der Waals surface area contributed by atoms with Crippen LogP contribution >= 0.6 is 0 Å². The van der Waals surface area contributed by atoms with Crippen molar-refractivity contribution in [3.05, 3.63) is 53.1 Å². The maximum absolute atomic E-state index is 12.7. The van der Waals surface area contributed by atoms with Crippen LogP contribution in [-0.4, -0.2) is 59.5 Å². The van der Waals surface area contributed by atoms with Crippen LogP contribution in [0.25, 0.3) is 0 Å². The Morgan fingerprint density at radius 3 is 2.85 bits per heavy atom. The molecule has 1 saturated heterocycles. The zero-order chi connectivity index (χ0) is 18.8.